The molecule has 25 heavy (non-hydrogen) atoms. The van der Waals surface area contributed by atoms with Crippen LogP contribution in [0, 0.1) is 0 Å². The van der Waals surface area contributed by atoms with Crippen molar-refractivity contribution in [2.45, 2.75) is 70.6 Å². The fraction of sp³-hybridized carbons (Fsp3) is 0.611. The van der Waals surface area contributed by atoms with E-state index >= 15 is 0 Å². The highest BCUT2D eigenvalue weighted by molar-refractivity contribution is 5.93. The zero-order valence-corrected chi connectivity index (χ0v) is 15.3. The van der Waals surface area contributed by atoms with Gasteiger partial charge in [-0.25, -0.2) is 9.78 Å². The zero-order valence-electron chi connectivity index (χ0n) is 15.3. The molecule has 7 nitrogen and oxygen atoms in total. The van der Waals surface area contributed by atoms with E-state index < -0.39 is 11.7 Å². The first-order valence-corrected chi connectivity index (χ1v) is 8.53. The van der Waals surface area contributed by atoms with Crippen molar-refractivity contribution in [1.29, 1.82) is 0 Å². The first-order valence-electron chi connectivity index (χ1n) is 8.53. The van der Waals surface area contributed by atoms with Crippen LogP contribution in [0.3, 0.4) is 0 Å². The minimum atomic E-state index is -0.583. The molecule has 0 aromatic carbocycles. The number of aromatic nitrogens is 1. The lowest BCUT2D eigenvalue weighted by Crippen LogP contribution is -2.49. The molecule has 0 aliphatic heterocycles. The average Bonchev–Trinajstić information content (AvgIpc) is 2.49. The van der Waals surface area contributed by atoms with Crippen LogP contribution in [0.2, 0.25) is 0 Å². The van der Waals surface area contributed by atoms with Crippen LogP contribution in [0.5, 0.6) is 0 Å². The Morgan fingerprint density at radius 3 is 2.44 bits per heavy atom. The van der Waals surface area contributed by atoms with Gasteiger partial charge in [-0.2, -0.15) is 0 Å². The highest BCUT2D eigenvalue weighted by Crippen LogP contribution is 2.28. The number of amides is 2. The third kappa shape index (κ3) is 6.01. The molecule has 1 aromatic rings. The summed E-state index contributed by atoms with van der Waals surface area (Å²) in [6.07, 6.45) is 3.41. The molecular formula is C18H27N3O4. The van der Waals surface area contributed by atoms with E-state index in [1.54, 1.807) is 32.9 Å². The predicted octanol–water partition coefficient (Wildman–Crippen LogP) is 2.85. The van der Waals surface area contributed by atoms with Crippen molar-refractivity contribution in [2.75, 3.05) is 5.32 Å². The van der Waals surface area contributed by atoms with Gasteiger partial charge in [0.1, 0.15) is 11.3 Å². The largest absolute Gasteiger partial charge is 0.444 e. The molecule has 1 aliphatic carbocycles. The van der Waals surface area contributed by atoms with E-state index in [1.165, 1.54) is 6.20 Å². The topological polar surface area (TPSA) is 101 Å². The quantitative estimate of drug-likeness (QED) is 0.779. The molecule has 1 heterocycles. The Hall–Kier alpha value is -2.15. The van der Waals surface area contributed by atoms with Gasteiger partial charge >= 0.3 is 6.09 Å². The number of ether oxygens (including phenoxy) is 1. The second kappa shape index (κ2) is 7.39. The molecule has 0 spiro atoms. The Balaban J connectivity index is 1.93. The van der Waals surface area contributed by atoms with Crippen molar-refractivity contribution in [3.05, 3.63) is 24.0 Å². The number of aliphatic hydroxyl groups excluding tert-OH is 1. The molecule has 2 amide bonds. The molecule has 1 saturated carbocycles. The highest BCUT2D eigenvalue weighted by atomic mass is 16.6. The number of carbonyl (C=O) groups excluding carboxylic acids is 2. The van der Waals surface area contributed by atoms with Crippen LogP contribution in [0.25, 0.3) is 0 Å². The van der Waals surface area contributed by atoms with Crippen molar-refractivity contribution in [3.8, 4) is 0 Å². The van der Waals surface area contributed by atoms with E-state index in [2.05, 4.69) is 15.6 Å². The predicted molar refractivity (Wildman–Crippen MR) is 94.4 cm³/mol. The SMILES string of the molecule is CC1(NC(=O)c2ccc(NC(=O)OC(C)(C)C)cn2)CCC(O)CC1. The number of nitrogens with zero attached hydrogens (tertiary/aromatic N) is 1. The van der Waals surface area contributed by atoms with Gasteiger partial charge in [0.2, 0.25) is 0 Å². The molecule has 0 atom stereocenters. The molecule has 2 rings (SSSR count). The summed E-state index contributed by atoms with van der Waals surface area (Å²) >= 11 is 0. The second-order valence-corrected chi connectivity index (χ2v) is 7.80. The molecule has 1 aromatic heterocycles. The highest BCUT2D eigenvalue weighted by Gasteiger charge is 2.32. The fourth-order valence-corrected chi connectivity index (χ4v) is 2.73. The van der Waals surface area contributed by atoms with Gasteiger partial charge in [0.15, 0.2) is 0 Å². The second-order valence-electron chi connectivity index (χ2n) is 7.80. The smallest absolute Gasteiger partial charge is 0.412 e. The number of hydrogen-bond donors (Lipinski definition) is 3. The molecule has 7 heteroatoms. The normalized spacial score (nSPS) is 23.6. The van der Waals surface area contributed by atoms with Gasteiger partial charge in [0, 0.05) is 5.54 Å². The van der Waals surface area contributed by atoms with Crippen LogP contribution in [-0.4, -0.2) is 39.3 Å². The van der Waals surface area contributed by atoms with Crippen LogP contribution >= 0.6 is 0 Å². The number of carbonyl (C=O) groups is 2. The van der Waals surface area contributed by atoms with Crippen LogP contribution < -0.4 is 10.6 Å². The standard InChI is InChI=1S/C18H27N3O4/c1-17(2,3)25-16(24)20-12-5-6-14(19-11-12)15(23)21-18(4)9-7-13(22)8-10-18/h5-6,11,13,22H,7-10H2,1-4H3,(H,20,24)(H,21,23). The van der Waals surface area contributed by atoms with E-state index in [0.717, 1.165) is 12.8 Å². The summed E-state index contributed by atoms with van der Waals surface area (Å²) in [4.78, 5) is 28.2. The van der Waals surface area contributed by atoms with Gasteiger partial charge < -0.3 is 15.2 Å². The minimum Gasteiger partial charge on any atom is -0.444 e. The molecule has 0 saturated heterocycles. The lowest BCUT2D eigenvalue weighted by atomic mass is 9.82. The fourth-order valence-electron chi connectivity index (χ4n) is 2.73. The van der Waals surface area contributed by atoms with Crippen molar-refractivity contribution < 1.29 is 19.4 Å². The van der Waals surface area contributed by atoms with Gasteiger partial charge in [-0.15, -0.1) is 0 Å². The summed E-state index contributed by atoms with van der Waals surface area (Å²) in [6, 6.07) is 3.17. The Morgan fingerprint density at radius 2 is 1.92 bits per heavy atom. The van der Waals surface area contributed by atoms with E-state index in [9.17, 15) is 14.7 Å². The molecule has 1 aliphatic rings. The summed E-state index contributed by atoms with van der Waals surface area (Å²) in [6.45, 7) is 7.32. The van der Waals surface area contributed by atoms with Gasteiger partial charge in [0.05, 0.1) is 18.0 Å². The van der Waals surface area contributed by atoms with E-state index in [-0.39, 0.29) is 23.2 Å². The van der Waals surface area contributed by atoms with Gasteiger partial charge in [0.25, 0.3) is 5.91 Å². The monoisotopic (exact) mass is 349 g/mol. The summed E-state index contributed by atoms with van der Waals surface area (Å²) in [5.74, 6) is -0.261. The molecular weight excluding hydrogens is 322 g/mol. The Labute approximate surface area is 148 Å². The maximum atomic E-state index is 12.4. The van der Waals surface area contributed by atoms with Crippen LogP contribution in [0.4, 0.5) is 10.5 Å². The zero-order chi connectivity index (χ0) is 18.7. The van der Waals surface area contributed by atoms with E-state index in [0.29, 0.717) is 18.5 Å². The lowest BCUT2D eigenvalue weighted by molar-refractivity contribution is 0.0635. The number of aliphatic hydroxyl groups is 1. The number of nitrogens with one attached hydrogen (secondary N) is 2. The van der Waals surface area contributed by atoms with Gasteiger partial charge in [-0.1, -0.05) is 0 Å². The molecule has 1 fully saturated rings. The van der Waals surface area contributed by atoms with Crippen LogP contribution in [0.1, 0.15) is 63.9 Å². The molecule has 3 N–H and O–H groups in total. The van der Waals surface area contributed by atoms with Crippen LogP contribution in [-0.2, 0) is 4.74 Å². The Morgan fingerprint density at radius 1 is 1.28 bits per heavy atom. The van der Waals surface area contributed by atoms with Crippen molar-refractivity contribution in [3.63, 3.8) is 0 Å². The minimum absolute atomic E-state index is 0.261. The molecule has 138 valence electrons. The number of anilines is 1. The maximum Gasteiger partial charge on any atom is 0.412 e. The van der Waals surface area contributed by atoms with Crippen molar-refractivity contribution in [1.82, 2.24) is 10.3 Å². The Bertz CT molecular complexity index is 614. The number of rotatable bonds is 3. The van der Waals surface area contributed by atoms with Crippen molar-refractivity contribution >= 4 is 17.7 Å². The number of pyridine rings is 1. The summed E-state index contributed by atoms with van der Waals surface area (Å²) in [7, 11) is 0. The molecule has 0 bridgehead atoms. The lowest BCUT2D eigenvalue weighted by Gasteiger charge is -2.36. The van der Waals surface area contributed by atoms with Gasteiger partial charge in [-0.05, 0) is 65.5 Å². The average molecular weight is 349 g/mol. The first-order chi connectivity index (χ1) is 11.6. The summed E-state index contributed by atoms with van der Waals surface area (Å²) in [5.41, 5.74) is -0.175. The molecule has 0 unspecified atom stereocenters. The maximum absolute atomic E-state index is 12.4. The summed E-state index contributed by atoms with van der Waals surface area (Å²) < 4.78 is 5.16. The first kappa shape index (κ1) is 19.2. The van der Waals surface area contributed by atoms with Crippen molar-refractivity contribution in [2.24, 2.45) is 0 Å². The number of hydrogen-bond acceptors (Lipinski definition) is 5. The van der Waals surface area contributed by atoms with E-state index in [4.69, 9.17) is 4.74 Å². The Kier molecular flexibility index (Phi) is 5.67. The van der Waals surface area contributed by atoms with E-state index in [1.807, 2.05) is 6.92 Å². The molecule has 0 radical (unpaired) electrons. The van der Waals surface area contributed by atoms with Crippen LogP contribution in [0.15, 0.2) is 18.3 Å². The third-order valence-electron chi connectivity index (χ3n) is 4.12. The third-order valence-corrected chi connectivity index (χ3v) is 4.12. The van der Waals surface area contributed by atoms with Gasteiger partial charge in [-0.3, -0.25) is 10.1 Å². The summed E-state index contributed by atoms with van der Waals surface area (Å²) in [5, 5.41) is 15.2.